The Morgan fingerprint density at radius 1 is 1.27 bits per heavy atom. The van der Waals surface area contributed by atoms with Gasteiger partial charge in [-0.05, 0) is 37.5 Å². The second kappa shape index (κ2) is 2.96. The van der Waals surface area contributed by atoms with Crippen LogP contribution in [0.4, 0.5) is 0 Å². The molecule has 3 rings (SSSR count). The number of aromatic nitrogens is 1. The van der Waals surface area contributed by atoms with Crippen LogP contribution < -0.4 is 0 Å². The summed E-state index contributed by atoms with van der Waals surface area (Å²) in [5.41, 5.74) is 4.51. The molecular formula is C13H13NO. The third kappa shape index (κ3) is 1.08. The predicted octanol–water partition coefficient (Wildman–Crippen LogP) is 2.77. The van der Waals surface area contributed by atoms with Gasteiger partial charge in [0.15, 0.2) is 5.78 Å². The van der Waals surface area contributed by atoms with Crippen LogP contribution in [-0.4, -0.2) is 10.2 Å². The molecule has 0 radical (unpaired) electrons. The highest BCUT2D eigenvalue weighted by Crippen LogP contribution is 2.29. The molecule has 0 amide bonds. The van der Waals surface area contributed by atoms with Gasteiger partial charge in [0, 0.05) is 29.4 Å². The first kappa shape index (κ1) is 8.72. The van der Waals surface area contributed by atoms with Crippen molar-refractivity contribution in [3.63, 3.8) is 0 Å². The molecule has 0 spiro atoms. The molecule has 0 saturated heterocycles. The molecular weight excluding hydrogens is 186 g/mol. The summed E-state index contributed by atoms with van der Waals surface area (Å²) >= 11 is 0. The van der Waals surface area contributed by atoms with E-state index in [1.54, 1.807) is 0 Å². The summed E-state index contributed by atoms with van der Waals surface area (Å²) in [7, 11) is 0. The number of carbonyl (C=O) groups excluding carboxylic acids is 1. The Kier molecular flexibility index (Phi) is 1.72. The molecule has 0 aliphatic heterocycles. The number of fused-ring (bicyclic) bond motifs is 3. The van der Waals surface area contributed by atoms with E-state index in [-0.39, 0.29) is 0 Å². The summed E-state index contributed by atoms with van der Waals surface area (Å²) in [5, 5.41) is 0. The van der Waals surface area contributed by atoms with Crippen molar-refractivity contribution >= 4 is 11.3 Å². The Morgan fingerprint density at radius 3 is 3.00 bits per heavy atom. The SMILES string of the molecule is Cc1c2c(n3ccccc13)CCCC2=O. The minimum absolute atomic E-state index is 0.317. The van der Waals surface area contributed by atoms with E-state index in [1.807, 2.05) is 12.1 Å². The number of hydrogen-bond acceptors (Lipinski definition) is 1. The predicted molar refractivity (Wildman–Crippen MR) is 59.4 cm³/mol. The average molecular weight is 199 g/mol. The van der Waals surface area contributed by atoms with Gasteiger partial charge in [0.1, 0.15) is 0 Å². The summed E-state index contributed by atoms with van der Waals surface area (Å²) in [6.45, 7) is 2.05. The van der Waals surface area contributed by atoms with Gasteiger partial charge >= 0.3 is 0 Å². The Balaban J connectivity index is 2.45. The molecule has 76 valence electrons. The van der Waals surface area contributed by atoms with E-state index in [4.69, 9.17) is 0 Å². The van der Waals surface area contributed by atoms with Crippen LogP contribution >= 0.6 is 0 Å². The summed E-state index contributed by atoms with van der Waals surface area (Å²) in [5.74, 6) is 0.317. The first-order valence-corrected chi connectivity index (χ1v) is 5.41. The van der Waals surface area contributed by atoms with Crippen LogP contribution in [0.2, 0.25) is 0 Å². The molecule has 1 aliphatic rings. The third-order valence-electron chi connectivity index (χ3n) is 3.29. The van der Waals surface area contributed by atoms with Gasteiger partial charge in [-0.3, -0.25) is 4.79 Å². The monoisotopic (exact) mass is 199 g/mol. The van der Waals surface area contributed by atoms with E-state index in [1.165, 1.54) is 11.2 Å². The van der Waals surface area contributed by atoms with Gasteiger partial charge in [-0.1, -0.05) is 6.07 Å². The molecule has 1 aliphatic carbocycles. The summed E-state index contributed by atoms with van der Waals surface area (Å²) in [4.78, 5) is 11.9. The van der Waals surface area contributed by atoms with Crippen molar-refractivity contribution in [1.29, 1.82) is 0 Å². The summed E-state index contributed by atoms with van der Waals surface area (Å²) < 4.78 is 2.17. The Hall–Kier alpha value is -1.57. The van der Waals surface area contributed by atoms with Crippen molar-refractivity contribution in [3.8, 4) is 0 Å². The maximum Gasteiger partial charge on any atom is 0.164 e. The normalized spacial score (nSPS) is 15.7. The molecule has 0 bridgehead atoms. The number of rotatable bonds is 0. The molecule has 0 fully saturated rings. The largest absolute Gasteiger partial charge is 0.320 e. The van der Waals surface area contributed by atoms with Gasteiger partial charge in [-0.15, -0.1) is 0 Å². The second-order valence-corrected chi connectivity index (χ2v) is 4.18. The minimum atomic E-state index is 0.317. The molecule has 2 heterocycles. The molecule has 0 aromatic carbocycles. The summed E-state index contributed by atoms with van der Waals surface area (Å²) in [6, 6.07) is 6.13. The number of ketones is 1. The number of nitrogens with zero attached hydrogens (tertiary/aromatic N) is 1. The first-order chi connectivity index (χ1) is 7.29. The zero-order valence-corrected chi connectivity index (χ0v) is 8.79. The maximum atomic E-state index is 11.9. The highest BCUT2D eigenvalue weighted by atomic mass is 16.1. The number of aryl methyl sites for hydroxylation is 2. The lowest BCUT2D eigenvalue weighted by Gasteiger charge is -2.11. The van der Waals surface area contributed by atoms with E-state index in [0.29, 0.717) is 12.2 Å². The number of hydrogen-bond donors (Lipinski definition) is 0. The molecule has 0 atom stereocenters. The number of Topliss-reactive ketones (excluding diaryl/α,β-unsaturated/α-hetero) is 1. The maximum absolute atomic E-state index is 11.9. The van der Waals surface area contributed by atoms with E-state index in [9.17, 15) is 4.79 Å². The van der Waals surface area contributed by atoms with Crippen molar-refractivity contribution in [2.24, 2.45) is 0 Å². The van der Waals surface area contributed by atoms with Crippen LogP contribution in [0.25, 0.3) is 5.52 Å². The van der Waals surface area contributed by atoms with E-state index < -0.39 is 0 Å². The van der Waals surface area contributed by atoms with Gasteiger partial charge in [0.2, 0.25) is 0 Å². The van der Waals surface area contributed by atoms with Crippen LogP contribution in [0.5, 0.6) is 0 Å². The van der Waals surface area contributed by atoms with E-state index in [2.05, 4.69) is 23.6 Å². The van der Waals surface area contributed by atoms with Gasteiger partial charge in [0.25, 0.3) is 0 Å². The fourth-order valence-electron chi connectivity index (χ4n) is 2.61. The van der Waals surface area contributed by atoms with Crippen LogP contribution in [0.3, 0.4) is 0 Å². The van der Waals surface area contributed by atoms with Gasteiger partial charge in [-0.25, -0.2) is 0 Å². The first-order valence-electron chi connectivity index (χ1n) is 5.41. The lowest BCUT2D eigenvalue weighted by Crippen LogP contribution is -2.11. The van der Waals surface area contributed by atoms with Crippen molar-refractivity contribution in [2.75, 3.05) is 0 Å². The highest BCUT2D eigenvalue weighted by molar-refractivity contribution is 6.01. The lowest BCUT2D eigenvalue weighted by molar-refractivity contribution is 0.0971. The Labute approximate surface area is 88.5 Å². The van der Waals surface area contributed by atoms with Gasteiger partial charge in [-0.2, -0.15) is 0 Å². The quantitative estimate of drug-likeness (QED) is 0.639. The molecule has 0 unspecified atom stereocenters. The summed E-state index contributed by atoms with van der Waals surface area (Å²) in [6.07, 6.45) is 4.79. The van der Waals surface area contributed by atoms with Gasteiger partial charge in [0.05, 0.1) is 0 Å². The van der Waals surface area contributed by atoms with Crippen molar-refractivity contribution < 1.29 is 4.79 Å². The fourth-order valence-corrected chi connectivity index (χ4v) is 2.61. The molecule has 15 heavy (non-hydrogen) atoms. The molecule has 2 nitrogen and oxygen atoms in total. The second-order valence-electron chi connectivity index (χ2n) is 4.18. The zero-order valence-electron chi connectivity index (χ0n) is 8.79. The lowest BCUT2D eigenvalue weighted by atomic mass is 9.94. The molecule has 2 heteroatoms. The van der Waals surface area contributed by atoms with Crippen LogP contribution in [-0.2, 0) is 6.42 Å². The third-order valence-corrected chi connectivity index (χ3v) is 3.29. The van der Waals surface area contributed by atoms with Crippen LogP contribution in [0, 0.1) is 6.92 Å². The zero-order chi connectivity index (χ0) is 10.4. The number of carbonyl (C=O) groups is 1. The smallest absolute Gasteiger partial charge is 0.164 e. The average Bonchev–Trinajstić information content (AvgIpc) is 2.55. The topological polar surface area (TPSA) is 21.5 Å². The molecule has 0 saturated carbocycles. The fraction of sp³-hybridized carbons (Fsp3) is 0.308. The Morgan fingerprint density at radius 2 is 2.13 bits per heavy atom. The van der Waals surface area contributed by atoms with Crippen molar-refractivity contribution in [1.82, 2.24) is 4.40 Å². The van der Waals surface area contributed by atoms with Crippen molar-refractivity contribution in [2.45, 2.75) is 26.2 Å². The standard InChI is InChI=1S/C13H13NO/c1-9-10-5-2-3-8-14(10)11-6-4-7-12(15)13(9)11/h2-3,5,8H,4,6-7H2,1H3. The number of pyridine rings is 1. The van der Waals surface area contributed by atoms with Gasteiger partial charge < -0.3 is 4.40 Å². The molecule has 0 N–H and O–H groups in total. The molecule has 2 aromatic rings. The van der Waals surface area contributed by atoms with Crippen LogP contribution in [0.15, 0.2) is 24.4 Å². The highest BCUT2D eigenvalue weighted by Gasteiger charge is 2.23. The minimum Gasteiger partial charge on any atom is -0.320 e. The van der Waals surface area contributed by atoms with Crippen LogP contribution in [0.1, 0.15) is 34.5 Å². The van der Waals surface area contributed by atoms with Crippen molar-refractivity contribution in [3.05, 3.63) is 41.2 Å². The Bertz CT molecular complexity index is 551. The van der Waals surface area contributed by atoms with E-state index in [0.717, 1.165) is 24.0 Å². The molecule has 2 aromatic heterocycles. The van der Waals surface area contributed by atoms with E-state index >= 15 is 0 Å².